The number of hydrogen-bond donors (Lipinski definition) is 2. The van der Waals surface area contributed by atoms with E-state index in [9.17, 15) is 4.79 Å². The van der Waals surface area contributed by atoms with E-state index in [1.54, 1.807) is 6.07 Å². The number of benzene rings is 1. The molecular formula is C11H13N5O2. The number of anilines is 2. The first-order chi connectivity index (χ1) is 8.66. The van der Waals surface area contributed by atoms with Gasteiger partial charge in [0.25, 0.3) is 0 Å². The van der Waals surface area contributed by atoms with Gasteiger partial charge in [-0.05, 0) is 28.9 Å². The second-order valence-electron chi connectivity index (χ2n) is 4.47. The molecule has 18 heavy (non-hydrogen) atoms. The Balaban J connectivity index is 1.98. The molecule has 7 nitrogen and oxygen atoms in total. The number of hydrogen-bond acceptors (Lipinski definition) is 6. The van der Waals surface area contributed by atoms with Gasteiger partial charge in [-0.3, -0.25) is 4.79 Å². The molecule has 1 fully saturated rings. The minimum atomic E-state index is -0.262. The van der Waals surface area contributed by atoms with Gasteiger partial charge < -0.3 is 16.4 Å². The van der Waals surface area contributed by atoms with Crippen LogP contribution >= 0.6 is 0 Å². The SMILES string of the molecule is NC(=O)C1CCN(c2ccc(N)c3nonc23)C1. The van der Waals surface area contributed by atoms with Crippen molar-refractivity contribution >= 4 is 28.3 Å². The third kappa shape index (κ3) is 1.55. The van der Waals surface area contributed by atoms with Crippen molar-refractivity contribution in [3.63, 3.8) is 0 Å². The molecule has 1 unspecified atom stereocenters. The van der Waals surface area contributed by atoms with Crippen molar-refractivity contribution in [1.29, 1.82) is 0 Å². The number of primary amides is 1. The fourth-order valence-electron chi connectivity index (χ4n) is 2.34. The van der Waals surface area contributed by atoms with Crippen molar-refractivity contribution < 1.29 is 9.42 Å². The highest BCUT2D eigenvalue weighted by atomic mass is 16.6. The zero-order chi connectivity index (χ0) is 12.7. The van der Waals surface area contributed by atoms with Crippen LogP contribution in [0.2, 0.25) is 0 Å². The summed E-state index contributed by atoms with van der Waals surface area (Å²) in [5, 5.41) is 7.65. The number of amides is 1. The number of aromatic nitrogens is 2. The molecule has 1 atom stereocenters. The summed E-state index contributed by atoms with van der Waals surface area (Å²) in [6.45, 7) is 1.36. The first-order valence-electron chi connectivity index (χ1n) is 5.72. The van der Waals surface area contributed by atoms with Crippen molar-refractivity contribution in [3.8, 4) is 0 Å². The van der Waals surface area contributed by atoms with E-state index in [1.807, 2.05) is 6.07 Å². The number of fused-ring (bicyclic) bond motifs is 1. The lowest BCUT2D eigenvalue weighted by molar-refractivity contribution is -0.121. The molecule has 0 radical (unpaired) electrons. The number of rotatable bonds is 2. The molecule has 1 aliphatic rings. The standard InChI is InChI=1S/C11H13N5O2/c12-7-1-2-8(10-9(7)14-18-15-10)16-4-3-6(5-16)11(13)17/h1-2,6H,3-5,12H2,(H2,13,17). The van der Waals surface area contributed by atoms with Gasteiger partial charge in [0.1, 0.15) is 0 Å². The topological polar surface area (TPSA) is 111 Å². The van der Waals surface area contributed by atoms with Crippen LogP contribution < -0.4 is 16.4 Å². The molecule has 1 aliphatic heterocycles. The van der Waals surface area contributed by atoms with Crippen molar-refractivity contribution in [2.45, 2.75) is 6.42 Å². The third-order valence-electron chi connectivity index (χ3n) is 3.36. The highest BCUT2D eigenvalue weighted by Gasteiger charge is 2.28. The van der Waals surface area contributed by atoms with E-state index >= 15 is 0 Å². The van der Waals surface area contributed by atoms with E-state index in [2.05, 4.69) is 15.2 Å². The molecule has 7 heteroatoms. The van der Waals surface area contributed by atoms with Crippen LogP contribution in [0.3, 0.4) is 0 Å². The van der Waals surface area contributed by atoms with E-state index in [0.29, 0.717) is 23.3 Å². The van der Waals surface area contributed by atoms with Crippen molar-refractivity contribution in [2.24, 2.45) is 11.7 Å². The molecule has 0 bridgehead atoms. The molecule has 94 valence electrons. The largest absolute Gasteiger partial charge is 0.397 e. The summed E-state index contributed by atoms with van der Waals surface area (Å²) in [7, 11) is 0. The molecule has 0 saturated carbocycles. The van der Waals surface area contributed by atoms with E-state index in [0.717, 1.165) is 18.7 Å². The van der Waals surface area contributed by atoms with Gasteiger partial charge in [0.2, 0.25) is 5.91 Å². The molecule has 2 heterocycles. The molecule has 2 aromatic rings. The maximum Gasteiger partial charge on any atom is 0.222 e. The van der Waals surface area contributed by atoms with Gasteiger partial charge in [-0.2, -0.15) is 0 Å². The van der Waals surface area contributed by atoms with Gasteiger partial charge in [0, 0.05) is 13.1 Å². The minimum absolute atomic E-state index is 0.113. The highest BCUT2D eigenvalue weighted by Crippen LogP contribution is 2.31. The Bertz CT molecular complexity index is 608. The van der Waals surface area contributed by atoms with Crippen LogP contribution in [0, 0.1) is 5.92 Å². The second kappa shape index (κ2) is 3.86. The van der Waals surface area contributed by atoms with E-state index in [4.69, 9.17) is 16.1 Å². The lowest BCUT2D eigenvalue weighted by Gasteiger charge is -2.18. The van der Waals surface area contributed by atoms with E-state index in [-0.39, 0.29) is 11.8 Å². The fraction of sp³-hybridized carbons (Fsp3) is 0.364. The van der Waals surface area contributed by atoms with E-state index < -0.39 is 0 Å². The van der Waals surface area contributed by atoms with Crippen LogP contribution in [0.25, 0.3) is 11.0 Å². The van der Waals surface area contributed by atoms with Crippen LogP contribution in [0.1, 0.15) is 6.42 Å². The van der Waals surface area contributed by atoms with Gasteiger partial charge >= 0.3 is 0 Å². The lowest BCUT2D eigenvalue weighted by Crippen LogP contribution is -2.27. The predicted molar refractivity (Wildman–Crippen MR) is 65.7 cm³/mol. The molecule has 3 rings (SSSR count). The fourth-order valence-corrected chi connectivity index (χ4v) is 2.34. The Morgan fingerprint density at radius 3 is 2.89 bits per heavy atom. The van der Waals surface area contributed by atoms with Crippen LogP contribution in [0.4, 0.5) is 11.4 Å². The van der Waals surface area contributed by atoms with E-state index in [1.165, 1.54) is 0 Å². The monoisotopic (exact) mass is 247 g/mol. The van der Waals surface area contributed by atoms with Crippen molar-refractivity contribution in [2.75, 3.05) is 23.7 Å². The molecule has 1 aromatic carbocycles. The van der Waals surface area contributed by atoms with Gasteiger partial charge in [-0.15, -0.1) is 0 Å². The second-order valence-corrected chi connectivity index (χ2v) is 4.47. The summed E-state index contributed by atoms with van der Waals surface area (Å²) in [6.07, 6.45) is 0.756. The first kappa shape index (κ1) is 10.8. The molecule has 0 aliphatic carbocycles. The highest BCUT2D eigenvalue weighted by molar-refractivity contribution is 5.95. The van der Waals surface area contributed by atoms with Crippen LogP contribution in [-0.2, 0) is 4.79 Å². The zero-order valence-electron chi connectivity index (χ0n) is 9.67. The molecule has 4 N–H and O–H groups in total. The molecule has 1 saturated heterocycles. The summed E-state index contributed by atoms with van der Waals surface area (Å²) in [6, 6.07) is 3.63. The smallest absolute Gasteiger partial charge is 0.222 e. The number of nitrogens with two attached hydrogens (primary N) is 2. The number of carbonyl (C=O) groups excluding carboxylic acids is 1. The summed E-state index contributed by atoms with van der Waals surface area (Å²) in [5.41, 5.74) is 13.7. The maximum atomic E-state index is 11.2. The van der Waals surface area contributed by atoms with Crippen molar-refractivity contribution in [1.82, 2.24) is 10.3 Å². The summed E-state index contributed by atoms with van der Waals surface area (Å²) in [5.74, 6) is -0.375. The maximum absolute atomic E-state index is 11.2. The Labute approximate surface area is 103 Å². The first-order valence-corrected chi connectivity index (χ1v) is 5.72. The van der Waals surface area contributed by atoms with Crippen molar-refractivity contribution in [3.05, 3.63) is 12.1 Å². The Hall–Kier alpha value is -2.31. The van der Waals surface area contributed by atoms with Gasteiger partial charge in [-0.25, -0.2) is 4.63 Å². The van der Waals surface area contributed by atoms with Gasteiger partial charge in [0.15, 0.2) is 11.0 Å². The molecule has 1 amide bonds. The average molecular weight is 247 g/mol. The number of carbonyl (C=O) groups is 1. The Morgan fingerprint density at radius 1 is 1.39 bits per heavy atom. The summed E-state index contributed by atoms with van der Waals surface area (Å²) >= 11 is 0. The lowest BCUT2D eigenvalue weighted by atomic mass is 10.1. The zero-order valence-corrected chi connectivity index (χ0v) is 9.67. The van der Waals surface area contributed by atoms with Crippen LogP contribution in [-0.4, -0.2) is 29.3 Å². The molecule has 1 aromatic heterocycles. The predicted octanol–water partition coefficient (Wildman–Crippen LogP) is 0.117. The quantitative estimate of drug-likeness (QED) is 0.729. The summed E-state index contributed by atoms with van der Waals surface area (Å²) < 4.78 is 4.72. The molecule has 0 spiro atoms. The van der Waals surface area contributed by atoms with Crippen LogP contribution in [0.5, 0.6) is 0 Å². The third-order valence-corrected chi connectivity index (χ3v) is 3.36. The number of nitrogen functional groups attached to an aromatic ring is 1. The molecular weight excluding hydrogens is 234 g/mol. The van der Waals surface area contributed by atoms with Gasteiger partial charge in [0.05, 0.1) is 17.3 Å². The average Bonchev–Trinajstić information content (AvgIpc) is 2.98. The summed E-state index contributed by atoms with van der Waals surface area (Å²) in [4.78, 5) is 13.2. The van der Waals surface area contributed by atoms with Crippen LogP contribution in [0.15, 0.2) is 16.8 Å². The Morgan fingerprint density at radius 2 is 2.17 bits per heavy atom. The van der Waals surface area contributed by atoms with Gasteiger partial charge in [-0.1, -0.05) is 0 Å². The number of nitrogens with zero attached hydrogens (tertiary/aromatic N) is 3. The normalized spacial score (nSPS) is 19.6. The minimum Gasteiger partial charge on any atom is -0.397 e. The Kier molecular flexibility index (Phi) is 2.32.